The van der Waals surface area contributed by atoms with Gasteiger partial charge in [-0.1, -0.05) is 13.8 Å². The number of nitrogens with two attached hydrogens (primary N) is 1. The molecular weight excluding hydrogens is 246 g/mol. The molecule has 4 nitrogen and oxygen atoms in total. The van der Waals surface area contributed by atoms with Crippen LogP contribution in [0.1, 0.15) is 29.9 Å². The monoisotopic (exact) mass is 269 g/mol. The molecule has 0 unspecified atom stereocenters. The van der Waals surface area contributed by atoms with Crippen molar-refractivity contribution in [1.29, 1.82) is 0 Å². The Hall–Kier alpha value is -1.23. The number of hydrogen-bond donors (Lipinski definition) is 1. The molecular formula is C13H23N3OS. The van der Waals surface area contributed by atoms with Crippen LogP contribution in [-0.2, 0) is 0 Å². The number of carbonyl (C=O) groups excluding carboxylic acids is 1. The first-order valence-corrected chi connectivity index (χ1v) is 6.96. The molecule has 0 bridgehead atoms. The van der Waals surface area contributed by atoms with Crippen molar-refractivity contribution in [2.24, 2.45) is 5.92 Å². The molecule has 0 fully saturated rings. The predicted molar refractivity (Wildman–Crippen MR) is 79.5 cm³/mol. The van der Waals surface area contributed by atoms with Gasteiger partial charge < -0.3 is 15.5 Å². The third kappa shape index (κ3) is 3.63. The van der Waals surface area contributed by atoms with Gasteiger partial charge in [0.05, 0.1) is 10.7 Å². The molecule has 0 atom stereocenters. The Balaban J connectivity index is 2.80. The van der Waals surface area contributed by atoms with Crippen LogP contribution in [0, 0.1) is 5.92 Å². The van der Waals surface area contributed by atoms with Gasteiger partial charge in [0, 0.05) is 27.7 Å². The van der Waals surface area contributed by atoms with Crippen molar-refractivity contribution in [3.05, 3.63) is 10.9 Å². The lowest BCUT2D eigenvalue weighted by Gasteiger charge is -2.18. The van der Waals surface area contributed by atoms with Crippen molar-refractivity contribution in [2.75, 3.05) is 38.3 Å². The fourth-order valence-electron chi connectivity index (χ4n) is 1.51. The van der Waals surface area contributed by atoms with Crippen LogP contribution in [0.2, 0.25) is 0 Å². The zero-order valence-corrected chi connectivity index (χ0v) is 12.7. The molecule has 5 heteroatoms. The third-order valence-corrected chi connectivity index (χ3v) is 4.02. The normalized spacial score (nSPS) is 10.8. The van der Waals surface area contributed by atoms with E-state index >= 15 is 0 Å². The molecule has 0 radical (unpaired) electrons. The van der Waals surface area contributed by atoms with Gasteiger partial charge in [-0.2, -0.15) is 0 Å². The second-order valence-electron chi connectivity index (χ2n) is 5.17. The first-order valence-electron chi connectivity index (χ1n) is 6.15. The van der Waals surface area contributed by atoms with Crippen LogP contribution in [0.15, 0.2) is 6.07 Å². The van der Waals surface area contributed by atoms with Crippen LogP contribution in [-0.4, -0.2) is 38.5 Å². The lowest BCUT2D eigenvalue weighted by molar-refractivity contribution is 0.0833. The SMILES string of the molecule is CC(C)CCN(C)c1cc(N)c(C(=O)N(C)C)s1. The van der Waals surface area contributed by atoms with Gasteiger partial charge in [0.15, 0.2) is 0 Å². The van der Waals surface area contributed by atoms with Gasteiger partial charge in [-0.3, -0.25) is 4.79 Å². The number of thiophene rings is 1. The van der Waals surface area contributed by atoms with E-state index in [9.17, 15) is 4.79 Å². The van der Waals surface area contributed by atoms with Crippen LogP contribution >= 0.6 is 11.3 Å². The predicted octanol–water partition coefficient (Wildman–Crippen LogP) is 2.51. The summed E-state index contributed by atoms with van der Waals surface area (Å²) in [6, 6.07) is 1.89. The maximum Gasteiger partial charge on any atom is 0.265 e. The first-order chi connectivity index (χ1) is 8.32. The molecule has 1 aromatic heterocycles. The smallest absolute Gasteiger partial charge is 0.265 e. The summed E-state index contributed by atoms with van der Waals surface area (Å²) in [6.45, 7) is 5.39. The van der Waals surface area contributed by atoms with Gasteiger partial charge in [0.25, 0.3) is 5.91 Å². The van der Waals surface area contributed by atoms with Gasteiger partial charge in [-0.15, -0.1) is 11.3 Å². The average molecular weight is 269 g/mol. The topological polar surface area (TPSA) is 49.6 Å². The van der Waals surface area contributed by atoms with Crippen LogP contribution < -0.4 is 10.6 Å². The number of carbonyl (C=O) groups is 1. The van der Waals surface area contributed by atoms with Gasteiger partial charge in [0.2, 0.25) is 0 Å². The zero-order chi connectivity index (χ0) is 13.9. The highest BCUT2D eigenvalue weighted by Gasteiger charge is 2.17. The van der Waals surface area contributed by atoms with E-state index in [0.717, 1.165) is 18.0 Å². The number of rotatable bonds is 5. The van der Waals surface area contributed by atoms with E-state index in [-0.39, 0.29) is 5.91 Å². The standard InChI is InChI=1S/C13H23N3OS/c1-9(2)6-7-16(5)11-8-10(14)12(18-11)13(17)15(3)4/h8-9H,6-7,14H2,1-5H3. The number of nitrogen functional groups attached to an aromatic ring is 1. The fourth-order valence-corrected chi connectivity index (χ4v) is 2.60. The van der Waals surface area contributed by atoms with E-state index in [1.807, 2.05) is 13.1 Å². The number of anilines is 2. The minimum Gasteiger partial charge on any atom is -0.397 e. The summed E-state index contributed by atoms with van der Waals surface area (Å²) in [6.07, 6.45) is 1.13. The van der Waals surface area contributed by atoms with Crippen molar-refractivity contribution >= 4 is 27.9 Å². The molecule has 18 heavy (non-hydrogen) atoms. The van der Waals surface area contributed by atoms with E-state index in [1.54, 1.807) is 19.0 Å². The Morgan fingerprint density at radius 2 is 2.00 bits per heavy atom. The summed E-state index contributed by atoms with van der Waals surface area (Å²) in [5.41, 5.74) is 6.48. The van der Waals surface area contributed by atoms with Gasteiger partial charge >= 0.3 is 0 Å². The molecule has 0 saturated heterocycles. The Bertz CT molecular complexity index is 412. The Morgan fingerprint density at radius 1 is 1.39 bits per heavy atom. The molecule has 0 saturated carbocycles. The second kappa shape index (κ2) is 6.09. The highest BCUT2D eigenvalue weighted by Crippen LogP contribution is 2.32. The Labute approximate surface area is 113 Å². The lowest BCUT2D eigenvalue weighted by atomic mass is 10.1. The molecule has 102 valence electrons. The summed E-state index contributed by atoms with van der Waals surface area (Å²) < 4.78 is 0. The van der Waals surface area contributed by atoms with E-state index < -0.39 is 0 Å². The minimum atomic E-state index is -0.0268. The maximum absolute atomic E-state index is 11.9. The number of nitrogens with zero attached hydrogens (tertiary/aromatic N) is 2. The highest BCUT2D eigenvalue weighted by molar-refractivity contribution is 7.18. The molecule has 0 spiro atoms. The summed E-state index contributed by atoms with van der Waals surface area (Å²) >= 11 is 1.47. The van der Waals surface area contributed by atoms with Gasteiger partial charge in [0.1, 0.15) is 4.88 Å². The van der Waals surface area contributed by atoms with Crippen molar-refractivity contribution in [3.8, 4) is 0 Å². The molecule has 1 rings (SSSR count). The quantitative estimate of drug-likeness (QED) is 0.893. The van der Waals surface area contributed by atoms with Crippen molar-refractivity contribution in [3.63, 3.8) is 0 Å². The van der Waals surface area contributed by atoms with Crippen LogP contribution in [0.25, 0.3) is 0 Å². The zero-order valence-electron chi connectivity index (χ0n) is 11.9. The average Bonchev–Trinajstić information content (AvgIpc) is 2.66. The van der Waals surface area contributed by atoms with E-state index in [0.29, 0.717) is 16.5 Å². The summed E-state index contributed by atoms with van der Waals surface area (Å²) in [4.78, 5) is 16.3. The van der Waals surface area contributed by atoms with Crippen LogP contribution in [0.3, 0.4) is 0 Å². The van der Waals surface area contributed by atoms with Gasteiger partial charge in [-0.05, 0) is 18.4 Å². The lowest BCUT2D eigenvalue weighted by Crippen LogP contribution is -2.21. The summed E-state index contributed by atoms with van der Waals surface area (Å²) in [5, 5.41) is 1.05. The van der Waals surface area contributed by atoms with Crippen molar-refractivity contribution in [1.82, 2.24) is 4.90 Å². The second-order valence-corrected chi connectivity index (χ2v) is 6.20. The minimum absolute atomic E-state index is 0.0268. The highest BCUT2D eigenvalue weighted by atomic mass is 32.1. The summed E-state index contributed by atoms with van der Waals surface area (Å²) in [7, 11) is 5.52. The largest absolute Gasteiger partial charge is 0.397 e. The molecule has 1 aromatic rings. The number of amides is 1. The van der Waals surface area contributed by atoms with Gasteiger partial charge in [-0.25, -0.2) is 0 Å². The van der Waals surface area contributed by atoms with E-state index in [2.05, 4.69) is 18.7 Å². The Morgan fingerprint density at radius 3 is 2.50 bits per heavy atom. The third-order valence-electron chi connectivity index (χ3n) is 2.77. The van der Waals surface area contributed by atoms with Crippen molar-refractivity contribution in [2.45, 2.75) is 20.3 Å². The van der Waals surface area contributed by atoms with E-state index in [1.165, 1.54) is 11.3 Å². The van der Waals surface area contributed by atoms with Crippen LogP contribution in [0.4, 0.5) is 10.7 Å². The molecule has 2 N–H and O–H groups in total. The molecule has 1 amide bonds. The Kier molecular flexibility index (Phi) is 5.02. The molecule has 1 heterocycles. The fraction of sp³-hybridized carbons (Fsp3) is 0.615. The van der Waals surface area contributed by atoms with E-state index in [4.69, 9.17) is 5.73 Å². The first kappa shape index (κ1) is 14.8. The molecule has 0 aromatic carbocycles. The maximum atomic E-state index is 11.9. The molecule has 0 aliphatic rings. The van der Waals surface area contributed by atoms with Crippen molar-refractivity contribution < 1.29 is 4.79 Å². The summed E-state index contributed by atoms with van der Waals surface area (Å²) in [5.74, 6) is 0.647. The van der Waals surface area contributed by atoms with Crippen LogP contribution in [0.5, 0.6) is 0 Å². The number of hydrogen-bond acceptors (Lipinski definition) is 4. The molecule has 0 aliphatic heterocycles. The molecule has 0 aliphatic carbocycles.